The number of nitrogens with zero attached hydrogens (tertiary/aromatic N) is 1. The highest BCUT2D eigenvalue weighted by Gasteiger charge is 2.10. The van der Waals surface area contributed by atoms with Gasteiger partial charge in [0.15, 0.2) is 0 Å². The van der Waals surface area contributed by atoms with Crippen molar-refractivity contribution in [2.75, 3.05) is 43.5 Å². The Kier molecular flexibility index (Phi) is 6.97. The summed E-state index contributed by atoms with van der Waals surface area (Å²) in [4.78, 5) is 14.4. The molecule has 0 aliphatic carbocycles. The molecule has 0 saturated carbocycles. The largest absolute Gasteiger partial charge is 0.497 e. The van der Waals surface area contributed by atoms with Crippen LogP contribution in [-0.2, 0) is 11.2 Å². The summed E-state index contributed by atoms with van der Waals surface area (Å²) < 4.78 is 5.15. The van der Waals surface area contributed by atoms with Crippen molar-refractivity contribution in [1.82, 2.24) is 5.32 Å². The monoisotopic (exact) mass is 367 g/mol. The van der Waals surface area contributed by atoms with Crippen molar-refractivity contribution in [3.05, 3.63) is 54.1 Å². The topological polar surface area (TPSA) is 53.6 Å². The highest BCUT2D eigenvalue weighted by molar-refractivity contribution is 5.80. The number of amides is 1. The Hall–Kier alpha value is -2.69. The molecule has 1 amide bonds. The van der Waals surface area contributed by atoms with Crippen LogP contribution in [0.1, 0.15) is 24.8 Å². The van der Waals surface area contributed by atoms with Gasteiger partial charge in [0, 0.05) is 31.0 Å². The van der Waals surface area contributed by atoms with Crippen LogP contribution < -0.4 is 20.3 Å². The van der Waals surface area contributed by atoms with E-state index in [2.05, 4.69) is 39.8 Å². The Bertz CT molecular complexity index is 707. The summed E-state index contributed by atoms with van der Waals surface area (Å²) in [6.45, 7) is 3.19. The number of methoxy groups -OCH3 is 1. The van der Waals surface area contributed by atoms with Gasteiger partial charge in [-0.1, -0.05) is 12.1 Å². The molecule has 0 unspecified atom stereocenters. The van der Waals surface area contributed by atoms with E-state index in [1.807, 2.05) is 24.3 Å². The molecule has 0 bridgehead atoms. The standard InChI is InChI=1S/C22H29N3O2/c1-27-21-11-5-18(6-12-21)13-14-23-22(26)17-24-19-7-9-20(10-8-19)25-15-3-2-4-16-25/h5-12,24H,2-4,13-17H2,1H3,(H,23,26). The molecule has 27 heavy (non-hydrogen) atoms. The van der Waals surface area contributed by atoms with Crippen LogP contribution in [0.15, 0.2) is 48.5 Å². The van der Waals surface area contributed by atoms with E-state index in [9.17, 15) is 4.79 Å². The molecule has 0 aromatic heterocycles. The van der Waals surface area contributed by atoms with Crippen LogP contribution >= 0.6 is 0 Å². The fourth-order valence-corrected chi connectivity index (χ4v) is 3.33. The molecule has 5 nitrogen and oxygen atoms in total. The summed E-state index contributed by atoms with van der Waals surface area (Å²) in [5.41, 5.74) is 3.42. The normalized spacial score (nSPS) is 13.9. The summed E-state index contributed by atoms with van der Waals surface area (Å²) in [5.74, 6) is 0.849. The lowest BCUT2D eigenvalue weighted by Gasteiger charge is -2.28. The fraction of sp³-hybridized carbons (Fsp3) is 0.409. The zero-order valence-corrected chi connectivity index (χ0v) is 16.0. The molecule has 0 radical (unpaired) electrons. The number of nitrogens with one attached hydrogen (secondary N) is 2. The lowest BCUT2D eigenvalue weighted by atomic mass is 10.1. The average Bonchev–Trinajstić information content (AvgIpc) is 2.74. The number of rotatable bonds is 8. The van der Waals surface area contributed by atoms with Crippen molar-refractivity contribution in [2.45, 2.75) is 25.7 Å². The zero-order chi connectivity index (χ0) is 18.9. The Morgan fingerprint density at radius 3 is 2.37 bits per heavy atom. The summed E-state index contributed by atoms with van der Waals surface area (Å²) in [5, 5.41) is 6.14. The minimum atomic E-state index is 0.00335. The van der Waals surface area contributed by atoms with E-state index < -0.39 is 0 Å². The smallest absolute Gasteiger partial charge is 0.239 e. The van der Waals surface area contributed by atoms with Crippen LogP contribution in [0, 0.1) is 0 Å². The first-order valence-corrected chi connectivity index (χ1v) is 9.73. The summed E-state index contributed by atoms with van der Waals surface area (Å²) in [6.07, 6.45) is 4.69. The van der Waals surface area contributed by atoms with Gasteiger partial charge in [0.25, 0.3) is 0 Å². The maximum atomic E-state index is 12.0. The maximum absolute atomic E-state index is 12.0. The maximum Gasteiger partial charge on any atom is 0.239 e. The first-order valence-electron chi connectivity index (χ1n) is 9.73. The van der Waals surface area contributed by atoms with Gasteiger partial charge in [0.05, 0.1) is 13.7 Å². The molecule has 0 atom stereocenters. The van der Waals surface area contributed by atoms with Gasteiger partial charge in [0.1, 0.15) is 5.75 Å². The van der Waals surface area contributed by atoms with Crippen molar-refractivity contribution >= 4 is 17.3 Å². The van der Waals surface area contributed by atoms with E-state index in [0.717, 1.165) is 30.9 Å². The van der Waals surface area contributed by atoms with Crippen LogP contribution in [0.4, 0.5) is 11.4 Å². The molecule has 1 saturated heterocycles. The number of benzene rings is 2. The molecular formula is C22H29N3O2. The third-order valence-electron chi connectivity index (χ3n) is 4.94. The van der Waals surface area contributed by atoms with Crippen LogP contribution in [-0.4, -0.2) is 39.2 Å². The van der Waals surface area contributed by atoms with Gasteiger partial charge in [-0.3, -0.25) is 4.79 Å². The number of hydrogen-bond donors (Lipinski definition) is 2. The number of piperidine rings is 1. The van der Waals surface area contributed by atoms with E-state index in [0.29, 0.717) is 6.54 Å². The minimum Gasteiger partial charge on any atom is -0.497 e. The molecule has 1 aliphatic heterocycles. The molecular weight excluding hydrogens is 338 g/mol. The second-order valence-corrected chi connectivity index (χ2v) is 6.90. The van der Waals surface area contributed by atoms with Gasteiger partial charge < -0.3 is 20.3 Å². The predicted molar refractivity (Wildman–Crippen MR) is 111 cm³/mol. The lowest BCUT2D eigenvalue weighted by molar-refractivity contribution is -0.119. The van der Waals surface area contributed by atoms with E-state index >= 15 is 0 Å². The van der Waals surface area contributed by atoms with Gasteiger partial charge >= 0.3 is 0 Å². The number of ether oxygens (including phenoxy) is 1. The zero-order valence-electron chi connectivity index (χ0n) is 16.0. The van der Waals surface area contributed by atoms with E-state index in [1.165, 1.54) is 30.5 Å². The Labute approximate surface area is 161 Å². The van der Waals surface area contributed by atoms with Crippen molar-refractivity contribution < 1.29 is 9.53 Å². The summed E-state index contributed by atoms with van der Waals surface area (Å²) in [6, 6.07) is 16.3. The van der Waals surface area contributed by atoms with E-state index in [-0.39, 0.29) is 12.5 Å². The quantitative estimate of drug-likeness (QED) is 0.750. The Morgan fingerprint density at radius 2 is 1.70 bits per heavy atom. The molecule has 3 rings (SSSR count). The second-order valence-electron chi connectivity index (χ2n) is 6.90. The van der Waals surface area contributed by atoms with Crippen LogP contribution in [0.2, 0.25) is 0 Å². The Balaban J connectivity index is 1.37. The number of hydrogen-bond acceptors (Lipinski definition) is 4. The molecule has 1 aliphatic rings. The van der Waals surface area contributed by atoms with Gasteiger partial charge in [-0.05, 0) is 67.6 Å². The molecule has 144 valence electrons. The van der Waals surface area contributed by atoms with Crippen molar-refractivity contribution in [1.29, 1.82) is 0 Å². The van der Waals surface area contributed by atoms with E-state index in [4.69, 9.17) is 4.74 Å². The van der Waals surface area contributed by atoms with Crippen LogP contribution in [0.5, 0.6) is 5.75 Å². The lowest BCUT2D eigenvalue weighted by Crippen LogP contribution is -2.31. The first kappa shape index (κ1) is 19.1. The SMILES string of the molecule is COc1ccc(CCNC(=O)CNc2ccc(N3CCCCC3)cc2)cc1. The highest BCUT2D eigenvalue weighted by atomic mass is 16.5. The summed E-state index contributed by atoms with van der Waals surface area (Å²) in [7, 11) is 1.66. The van der Waals surface area contributed by atoms with Gasteiger partial charge in [-0.15, -0.1) is 0 Å². The predicted octanol–water partition coefficient (Wildman–Crippen LogP) is 3.46. The van der Waals surface area contributed by atoms with Gasteiger partial charge in [-0.25, -0.2) is 0 Å². The Morgan fingerprint density at radius 1 is 1.00 bits per heavy atom. The molecule has 1 fully saturated rings. The van der Waals surface area contributed by atoms with Gasteiger partial charge in [0.2, 0.25) is 5.91 Å². The number of anilines is 2. The first-order chi connectivity index (χ1) is 13.2. The molecule has 0 spiro atoms. The summed E-state index contributed by atoms with van der Waals surface area (Å²) >= 11 is 0. The second kappa shape index (κ2) is 9.86. The average molecular weight is 367 g/mol. The number of carbonyl (C=O) groups is 1. The van der Waals surface area contributed by atoms with Crippen LogP contribution in [0.3, 0.4) is 0 Å². The molecule has 2 aromatic carbocycles. The third kappa shape index (κ3) is 5.91. The number of carbonyl (C=O) groups excluding carboxylic acids is 1. The molecule has 1 heterocycles. The van der Waals surface area contributed by atoms with Crippen molar-refractivity contribution in [3.8, 4) is 5.75 Å². The highest BCUT2D eigenvalue weighted by Crippen LogP contribution is 2.21. The molecule has 2 N–H and O–H groups in total. The minimum absolute atomic E-state index is 0.00335. The van der Waals surface area contributed by atoms with E-state index in [1.54, 1.807) is 7.11 Å². The molecule has 2 aromatic rings. The fourth-order valence-electron chi connectivity index (χ4n) is 3.33. The van der Waals surface area contributed by atoms with Gasteiger partial charge in [-0.2, -0.15) is 0 Å². The van der Waals surface area contributed by atoms with Crippen molar-refractivity contribution in [3.63, 3.8) is 0 Å². The van der Waals surface area contributed by atoms with Crippen molar-refractivity contribution in [2.24, 2.45) is 0 Å². The third-order valence-corrected chi connectivity index (χ3v) is 4.94. The van der Waals surface area contributed by atoms with Crippen LogP contribution in [0.25, 0.3) is 0 Å². The molecule has 5 heteroatoms.